The SMILES string of the molecule is CC(C)(C)OC(=O)NCC#Cc1cccc(C(F)(F)F)c1. The van der Waals surface area contributed by atoms with Gasteiger partial charge in [-0.2, -0.15) is 13.2 Å². The van der Waals surface area contributed by atoms with Crippen LogP contribution in [0.2, 0.25) is 0 Å². The molecule has 3 nitrogen and oxygen atoms in total. The third kappa shape index (κ3) is 6.70. The molecule has 114 valence electrons. The Kier molecular flexibility index (Phi) is 5.25. The molecule has 0 aliphatic heterocycles. The molecule has 0 saturated carbocycles. The first kappa shape index (κ1) is 16.9. The number of amides is 1. The van der Waals surface area contributed by atoms with Crippen molar-refractivity contribution in [3.63, 3.8) is 0 Å². The van der Waals surface area contributed by atoms with E-state index in [1.54, 1.807) is 20.8 Å². The van der Waals surface area contributed by atoms with Gasteiger partial charge >= 0.3 is 12.3 Å². The molecular weight excluding hydrogens is 283 g/mol. The molecule has 0 radical (unpaired) electrons. The number of hydrogen-bond acceptors (Lipinski definition) is 2. The Balaban J connectivity index is 2.58. The van der Waals surface area contributed by atoms with Crippen LogP contribution in [0.3, 0.4) is 0 Å². The number of rotatable bonds is 1. The standard InChI is InChI=1S/C15H16F3NO2/c1-14(2,3)21-13(20)19-9-5-7-11-6-4-8-12(10-11)15(16,17)18/h4,6,8,10H,9H2,1-3H3,(H,19,20). The molecular formula is C15H16F3NO2. The van der Waals surface area contributed by atoms with Gasteiger partial charge in [0.25, 0.3) is 0 Å². The largest absolute Gasteiger partial charge is 0.444 e. The Morgan fingerprint density at radius 2 is 1.95 bits per heavy atom. The molecule has 0 atom stereocenters. The quantitative estimate of drug-likeness (QED) is 0.805. The van der Waals surface area contributed by atoms with Gasteiger partial charge in [-0.15, -0.1) is 0 Å². The fourth-order valence-electron chi connectivity index (χ4n) is 1.35. The summed E-state index contributed by atoms with van der Waals surface area (Å²) < 4.78 is 42.5. The van der Waals surface area contributed by atoms with Crippen LogP contribution >= 0.6 is 0 Å². The van der Waals surface area contributed by atoms with Crippen molar-refractivity contribution in [3.05, 3.63) is 35.4 Å². The van der Waals surface area contributed by atoms with E-state index in [1.807, 2.05) is 0 Å². The molecule has 0 bridgehead atoms. The zero-order chi connectivity index (χ0) is 16.1. The zero-order valence-electron chi connectivity index (χ0n) is 12.0. The van der Waals surface area contributed by atoms with E-state index < -0.39 is 23.4 Å². The highest BCUT2D eigenvalue weighted by Crippen LogP contribution is 2.29. The smallest absolute Gasteiger partial charge is 0.416 e. The number of carbonyl (C=O) groups excluding carboxylic acids is 1. The lowest BCUT2D eigenvalue weighted by Crippen LogP contribution is -2.32. The van der Waals surface area contributed by atoms with Gasteiger partial charge in [0.2, 0.25) is 0 Å². The monoisotopic (exact) mass is 299 g/mol. The van der Waals surface area contributed by atoms with Crippen LogP contribution in [-0.2, 0) is 10.9 Å². The van der Waals surface area contributed by atoms with E-state index in [1.165, 1.54) is 12.1 Å². The lowest BCUT2D eigenvalue weighted by molar-refractivity contribution is -0.137. The van der Waals surface area contributed by atoms with Crippen LogP contribution in [0.4, 0.5) is 18.0 Å². The summed E-state index contributed by atoms with van der Waals surface area (Å²) in [6, 6.07) is 4.69. The van der Waals surface area contributed by atoms with Gasteiger partial charge in [-0.1, -0.05) is 17.9 Å². The number of alkyl carbamates (subject to hydrolysis) is 1. The van der Waals surface area contributed by atoms with Gasteiger partial charge < -0.3 is 10.1 Å². The van der Waals surface area contributed by atoms with Gasteiger partial charge in [0.1, 0.15) is 5.60 Å². The van der Waals surface area contributed by atoms with Gasteiger partial charge in [-0.25, -0.2) is 4.79 Å². The summed E-state index contributed by atoms with van der Waals surface area (Å²) in [5.74, 6) is 5.12. The summed E-state index contributed by atoms with van der Waals surface area (Å²) in [5.41, 5.74) is -1.14. The maximum absolute atomic E-state index is 12.5. The first-order valence-corrected chi connectivity index (χ1v) is 6.21. The van der Waals surface area contributed by atoms with Crippen molar-refractivity contribution in [1.29, 1.82) is 0 Å². The van der Waals surface area contributed by atoms with Crippen LogP contribution in [0.25, 0.3) is 0 Å². The normalized spacial score (nSPS) is 11.3. The maximum Gasteiger partial charge on any atom is 0.416 e. The summed E-state index contributed by atoms with van der Waals surface area (Å²) in [6.45, 7) is 5.16. The highest BCUT2D eigenvalue weighted by Gasteiger charge is 2.30. The first-order valence-electron chi connectivity index (χ1n) is 6.21. The highest BCUT2D eigenvalue weighted by atomic mass is 19.4. The van der Waals surface area contributed by atoms with Crippen LogP contribution in [-0.4, -0.2) is 18.2 Å². The summed E-state index contributed by atoms with van der Waals surface area (Å²) in [5, 5.41) is 2.40. The minimum absolute atomic E-state index is 0.00877. The van der Waals surface area contributed by atoms with E-state index in [0.717, 1.165) is 12.1 Å². The molecule has 6 heteroatoms. The van der Waals surface area contributed by atoms with Crippen molar-refractivity contribution in [2.75, 3.05) is 6.54 Å². The van der Waals surface area contributed by atoms with Crippen molar-refractivity contribution < 1.29 is 22.7 Å². The molecule has 0 unspecified atom stereocenters. The topological polar surface area (TPSA) is 38.3 Å². The van der Waals surface area contributed by atoms with E-state index >= 15 is 0 Å². The molecule has 1 aromatic rings. The first-order chi connectivity index (χ1) is 9.58. The van der Waals surface area contributed by atoms with Crippen molar-refractivity contribution in [2.24, 2.45) is 0 Å². The Hall–Kier alpha value is -2.16. The van der Waals surface area contributed by atoms with Gasteiger partial charge in [0.15, 0.2) is 0 Å². The third-order valence-electron chi connectivity index (χ3n) is 2.14. The molecule has 1 rings (SSSR count). The molecule has 21 heavy (non-hydrogen) atoms. The van der Waals surface area contributed by atoms with Crippen molar-refractivity contribution in [3.8, 4) is 11.8 Å². The Bertz CT molecular complexity index is 563. The third-order valence-corrected chi connectivity index (χ3v) is 2.14. The van der Waals surface area contributed by atoms with E-state index in [-0.39, 0.29) is 12.1 Å². The van der Waals surface area contributed by atoms with Gasteiger partial charge in [-0.3, -0.25) is 0 Å². The number of benzene rings is 1. The summed E-state index contributed by atoms with van der Waals surface area (Å²) in [7, 11) is 0. The second-order valence-corrected chi connectivity index (χ2v) is 5.24. The average Bonchev–Trinajstić information content (AvgIpc) is 2.32. The summed E-state index contributed by atoms with van der Waals surface area (Å²) in [6.07, 6.45) is -5.02. The van der Waals surface area contributed by atoms with Gasteiger partial charge in [0, 0.05) is 5.56 Å². The number of nitrogens with one attached hydrogen (secondary N) is 1. The van der Waals surface area contributed by atoms with Crippen molar-refractivity contribution in [2.45, 2.75) is 32.5 Å². The second kappa shape index (κ2) is 6.53. The number of ether oxygens (including phenoxy) is 1. The minimum atomic E-state index is -4.40. The van der Waals surface area contributed by atoms with E-state index in [0.29, 0.717) is 0 Å². The molecule has 1 aromatic carbocycles. The van der Waals surface area contributed by atoms with Crippen LogP contribution < -0.4 is 5.32 Å². The lowest BCUT2D eigenvalue weighted by atomic mass is 10.1. The van der Waals surface area contributed by atoms with Crippen molar-refractivity contribution >= 4 is 6.09 Å². The van der Waals surface area contributed by atoms with Crippen molar-refractivity contribution in [1.82, 2.24) is 5.32 Å². The molecule has 1 N–H and O–H groups in total. The lowest BCUT2D eigenvalue weighted by Gasteiger charge is -2.19. The van der Waals surface area contributed by atoms with Crippen LogP contribution in [0.15, 0.2) is 24.3 Å². The fraction of sp³-hybridized carbons (Fsp3) is 0.400. The molecule has 0 spiro atoms. The number of alkyl halides is 3. The van der Waals surface area contributed by atoms with Crippen LogP contribution in [0.5, 0.6) is 0 Å². The van der Waals surface area contributed by atoms with E-state index in [4.69, 9.17) is 4.74 Å². The van der Waals surface area contributed by atoms with E-state index in [9.17, 15) is 18.0 Å². The van der Waals surface area contributed by atoms with Gasteiger partial charge in [0.05, 0.1) is 12.1 Å². The molecule has 0 heterocycles. The average molecular weight is 299 g/mol. The van der Waals surface area contributed by atoms with Crippen LogP contribution in [0.1, 0.15) is 31.9 Å². The number of hydrogen-bond donors (Lipinski definition) is 1. The summed E-state index contributed by atoms with van der Waals surface area (Å²) in [4.78, 5) is 11.3. The molecule has 0 aromatic heterocycles. The zero-order valence-corrected chi connectivity index (χ0v) is 12.0. The Labute approximate surface area is 121 Å². The predicted molar refractivity (Wildman–Crippen MR) is 72.6 cm³/mol. The Morgan fingerprint density at radius 3 is 2.52 bits per heavy atom. The number of halogens is 3. The molecule has 0 aliphatic rings. The Morgan fingerprint density at radius 1 is 1.29 bits per heavy atom. The fourth-order valence-corrected chi connectivity index (χ4v) is 1.35. The summed E-state index contributed by atoms with van der Waals surface area (Å²) >= 11 is 0. The minimum Gasteiger partial charge on any atom is -0.444 e. The molecule has 1 amide bonds. The molecule has 0 aliphatic carbocycles. The van der Waals surface area contributed by atoms with Crippen LogP contribution in [0, 0.1) is 11.8 Å². The molecule has 0 fully saturated rings. The number of carbonyl (C=O) groups is 1. The van der Waals surface area contributed by atoms with E-state index in [2.05, 4.69) is 17.2 Å². The second-order valence-electron chi connectivity index (χ2n) is 5.24. The predicted octanol–water partition coefficient (Wildman–Crippen LogP) is 3.58. The maximum atomic E-state index is 12.5. The molecule has 0 saturated heterocycles. The van der Waals surface area contributed by atoms with Gasteiger partial charge in [-0.05, 0) is 39.0 Å². The highest BCUT2D eigenvalue weighted by molar-refractivity contribution is 5.68.